The molecule has 3 aromatic rings. The van der Waals surface area contributed by atoms with Crippen LogP contribution in [0.2, 0.25) is 0 Å². The Morgan fingerprint density at radius 1 is 0.885 bits per heavy atom. The standard InChI is InChI=1S/C22H22F2O2/c1-2-3-4-5-12-26-18-9-6-15(7-10-18)16-8-11-19-17(13-16)14-20(23)22(25)21(19)24/h6-11,13-14,25H,2-5,12H2,1H3. The van der Waals surface area contributed by atoms with Crippen molar-refractivity contribution in [3.05, 3.63) is 60.2 Å². The van der Waals surface area contributed by atoms with E-state index in [0.29, 0.717) is 12.0 Å². The van der Waals surface area contributed by atoms with Crippen molar-refractivity contribution in [2.75, 3.05) is 6.61 Å². The quantitative estimate of drug-likeness (QED) is 0.493. The SMILES string of the molecule is CCCCCCOc1ccc(-c2ccc3c(F)c(O)c(F)cc3c2)cc1. The van der Waals surface area contributed by atoms with Gasteiger partial charge in [0.2, 0.25) is 0 Å². The van der Waals surface area contributed by atoms with E-state index < -0.39 is 17.4 Å². The van der Waals surface area contributed by atoms with Gasteiger partial charge in [-0.3, -0.25) is 0 Å². The van der Waals surface area contributed by atoms with E-state index in [1.165, 1.54) is 19.3 Å². The van der Waals surface area contributed by atoms with Crippen molar-refractivity contribution < 1.29 is 18.6 Å². The summed E-state index contributed by atoms with van der Waals surface area (Å²) < 4.78 is 33.3. The maximum absolute atomic E-state index is 13.9. The molecule has 0 unspecified atom stereocenters. The first-order valence-electron chi connectivity index (χ1n) is 8.94. The maximum Gasteiger partial charge on any atom is 0.188 e. The highest BCUT2D eigenvalue weighted by Crippen LogP contribution is 2.32. The number of unbranched alkanes of at least 4 members (excludes halogenated alkanes) is 3. The molecule has 0 fully saturated rings. The Balaban J connectivity index is 1.75. The fourth-order valence-electron chi connectivity index (χ4n) is 2.96. The van der Waals surface area contributed by atoms with Crippen LogP contribution in [0.3, 0.4) is 0 Å². The van der Waals surface area contributed by atoms with E-state index in [1.54, 1.807) is 18.2 Å². The molecule has 0 aromatic heterocycles. The minimum absolute atomic E-state index is 0.194. The van der Waals surface area contributed by atoms with Gasteiger partial charge in [0.15, 0.2) is 17.4 Å². The van der Waals surface area contributed by atoms with Gasteiger partial charge in [-0.2, -0.15) is 0 Å². The second-order valence-corrected chi connectivity index (χ2v) is 6.39. The Labute approximate surface area is 152 Å². The van der Waals surface area contributed by atoms with E-state index in [4.69, 9.17) is 4.74 Å². The second-order valence-electron chi connectivity index (χ2n) is 6.39. The number of phenols is 1. The van der Waals surface area contributed by atoms with E-state index in [9.17, 15) is 13.9 Å². The zero-order valence-corrected chi connectivity index (χ0v) is 14.8. The first-order valence-corrected chi connectivity index (χ1v) is 8.94. The number of hydrogen-bond donors (Lipinski definition) is 1. The van der Waals surface area contributed by atoms with Crippen molar-refractivity contribution in [2.24, 2.45) is 0 Å². The topological polar surface area (TPSA) is 29.5 Å². The van der Waals surface area contributed by atoms with Crippen molar-refractivity contribution in [1.82, 2.24) is 0 Å². The number of rotatable bonds is 7. The predicted molar refractivity (Wildman–Crippen MR) is 101 cm³/mol. The zero-order chi connectivity index (χ0) is 18.5. The number of halogens is 2. The minimum atomic E-state index is -0.959. The summed E-state index contributed by atoms with van der Waals surface area (Å²) in [4.78, 5) is 0. The molecule has 0 saturated carbocycles. The molecule has 0 spiro atoms. The Bertz CT molecular complexity index is 889. The van der Waals surface area contributed by atoms with Gasteiger partial charge in [-0.1, -0.05) is 50.5 Å². The number of phenolic OH excluding ortho intramolecular Hbond substituents is 1. The number of ether oxygens (including phenoxy) is 1. The molecule has 0 amide bonds. The first-order chi connectivity index (χ1) is 12.6. The van der Waals surface area contributed by atoms with Gasteiger partial charge < -0.3 is 9.84 Å². The van der Waals surface area contributed by atoms with Crippen LogP contribution < -0.4 is 4.74 Å². The molecule has 0 atom stereocenters. The largest absolute Gasteiger partial charge is 0.503 e. The minimum Gasteiger partial charge on any atom is -0.503 e. The first kappa shape index (κ1) is 18.2. The van der Waals surface area contributed by atoms with Crippen molar-refractivity contribution in [3.63, 3.8) is 0 Å². The van der Waals surface area contributed by atoms with E-state index in [1.807, 2.05) is 24.3 Å². The Morgan fingerprint density at radius 2 is 1.62 bits per heavy atom. The van der Waals surface area contributed by atoms with E-state index >= 15 is 0 Å². The molecule has 0 heterocycles. The molecule has 26 heavy (non-hydrogen) atoms. The van der Waals surface area contributed by atoms with Crippen LogP contribution in [-0.2, 0) is 0 Å². The molecule has 0 bridgehead atoms. The zero-order valence-electron chi connectivity index (χ0n) is 14.8. The molecule has 0 radical (unpaired) electrons. The van der Waals surface area contributed by atoms with Crippen LogP contribution in [0.4, 0.5) is 8.78 Å². The normalized spacial score (nSPS) is 11.0. The summed E-state index contributed by atoms with van der Waals surface area (Å²) in [6.07, 6.45) is 4.65. The van der Waals surface area contributed by atoms with Gasteiger partial charge >= 0.3 is 0 Å². The monoisotopic (exact) mass is 356 g/mol. The Hall–Kier alpha value is -2.62. The van der Waals surface area contributed by atoms with E-state index in [2.05, 4.69) is 6.92 Å². The second kappa shape index (κ2) is 8.17. The van der Waals surface area contributed by atoms with Crippen LogP contribution in [0.1, 0.15) is 32.6 Å². The van der Waals surface area contributed by atoms with Crippen LogP contribution in [-0.4, -0.2) is 11.7 Å². The molecule has 4 heteroatoms. The number of hydrogen-bond acceptors (Lipinski definition) is 2. The molecule has 0 saturated heterocycles. The molecular formula is C22H22F2O2. The summed E-state index contributed by atoms with van der Waals surface area (Å²) in [5.41, 5.74) is 1.77. The molecule has 0 aliphatic carbocycles. The van der Waals surface area contributed by atoms with Crippen molar-refractivity contribution in [3.8, 4) is 22.6 Å². The average Bonchev–Trinajstić information content (AvgIpc) is 2.66. The molecule has 1 N–H and O–H groups in total. The molecule has 0 aliphatic rings. The van der Waals surface area contributed by atoms with Gasteiger partial charge in [0.1, 0.15) is 5.75 Å². The summed E-state index contributed by atoms with van der Waals surface area (Å²) in [7, 11) is 0. The van der Waals surface area contributed by atoms with Gasteiger partial charge in [0, 0.05) is 5.39 Å². The van der Waals surface area contributed by atoms with Gasteiger partial charge in [-0.05, 0) is 47.2 Å². The van der Waals surface area contributed by atoms with Crippen LogP contribution in [0, 0.1) is 11.6 Å². The van der Waals surface area contributed by atoms with Gasteiger partial charge in [-0.25, -0.2) is 8.78 Å². The van der Waals surface area contributed by atoms with Crippen LogP contribution in [0.15, 0.2) is 48.5 Å². The lowest BCUT2D eigenvalue weighted by Crippen LogP contribution is -1.96. The summed E-state index contributed by atoms with van der Waals surface area (Å²) >= 11 is 0. The summed E-state index contributed by atoms with van der Waals surface area (Å²) in [5.74, 6) is -2.02. The molecule has 0 aliphatic heterocycles. The van der Waals surface area contributed by atoms with E-state index in [-0.39, 0.29) is 5.39 Å². The third kappa shape index (κ3) is 3.96. The average molecular weight is 356 g/mol. The third-order valence-electron chi connectivity index (χ3n) is 4.46. The predicted octanol–water partition coefficient (Wildman–Crippen LogP) is 6.45. The summed E-state index contributed by atoms with van der Waals surface area (Å²) in [6.45, 7) is 2.88. The Morgan fingerprint density at radius 3 is 2.35 bits per heavy atom. The van der Waals surface area contributed by atoms with Crippen molar-refractivity contribution >= 4 is 10.8 Å². The highest BCUT2D eigenvalue weighted by molar-refractivity contribution is 5.89. The molecule has 136 valence electrons. The van der Waals surface area contributed by atoms with Crippen LogP contribution in [0.5, 0.6) is 11.5 Å². The fourth-order valence-corrected chi connectivity index (χ4v) is 2.96. The lowest BCUT2D eigenvalue weighted by molar-refractivity contribution is 0.305. The van der Waals surface area contributed by atoms with Crippen molar-refractivity contribution in [1.29, 1.82) is 0 Å². The molecular weight excluding hydrogens is 334 g/mol. The lowest BCUT2D eigenvalue weighted by atomic mass is 10.0. The number of fused-ring (bicyclic) bond motifs is 1. The van der Waals surface area contributed by atoms with Crippen molar-refractivity contribution in [2.45, 2.75) is 32.6 Å². The lowest BCUT2D eigenvalue weighted by Gasteiger charge is -2.09. The highest BCUT2D eigenvalue weighted by atomic mass is 19.1. The van der Waals surface area contributed by atoms with Crippen LogP contribution in [0.25, 0.3) is 21.9 Å². The third-order valence-corrected chi connectivity index (χ3v) is 4.46. The summed E-state index contributed by atoms with van der Waals surface area (Å²) in [5, 5.41) is 9.98. The van der Waals surface area contributed by atoms with Gasteiger partial charge in [-0.15, -0.1) is 0 Å². The molecule has 2 nitrogen and oxygen atoms in total. The van der Waals surface area contributed by atoms with E-state index in [0.717, 1.165) is 29.4 Å². The van der Waals surface area contributed by atoms with Gasteiger partial charge in [0.25, 0.3) is 0 Å². The smallest absolute Gasteiger partial charge is 0.188 e. The van der Waals surface area contributed by atoms with Gasteiger partial charge in [0.05, 0.1) is 6.61 Å². The maximum atomic E-state index is 13.9. The van der Waals surface area contributed by atoms with Crippen LogP contribution >= 0.6 is 0 Å². The molecule has 3 aromatic carbocycles. The number of aromatic hydroxyl groups is 1. The molecule has 3 rings (SSSR count). The summed E-state index contributed by atoms with van der Waals surface area (Å²) in [6, 6.07) is 13.8. The fraction of sp³-hybridized carbons (Fsp3) is 0.273. The number of benzene rings is 3. The Kier molecular flexibility index (Phi) is 5.71. The highest BCUT2D eigenvalue weighted by Gasteiger charge is 2.13.